The molecule has 1 aromatic rings. The van der Waals surface area contributed by atoms with E-state index in [1.807, 2.05) is 18.2 Å². The van der Waals surface area contributed by atoms with Crippen LogP contribution in [0.1, 0.15) is 31.7 Å². The van der Waals surface area contributed by atoms with Gasteiger partial charge in [-0.15, -0.1) is 0 Å². The molecule has 0 bridgehead atoms. The standard InChI is InChI=1S/C15H22N2O2/c1-11(6-8-16)2-5-15(18)17-13-3-4-14-12(10-13)7-9-19-14/h3-4,10-11H,2,5-9,16H2,1H3,(H,17,18). The Morgan fingerprint density at radius 3 is 3.11 bits per heavy atom. The highest BCUT2D eigenvalue weighted by molar-refractivity contribution is 5.90. The molecule has 0 spiro atoms. The quantitative estimate of drug-likeness (QED) is 0.827. The van der Waals surface area contributed by atoms with Gasteiger partial charge < -0.3 is 15.8 Å². The molecule has 3 N–H and O–H groups in total. The average Bonchev–Trinajstić information content (AvgIpc) is 2.84. The van der Waals surface area contributed by atoms with Crippen molar-refractivity contribution in [1.29, 1.82) is 0 Å². The number of hydrogen-bond donors (Lipinski definition) is 2. The number of carbonyl (C=O) groups excluding carboxylic acids is 1. The van der Waals surface area contributed by atoms with Crippen LogP contribution in [0.5, 0.6) is 5.75 Å². The summed E-state index contributed by atoms with van der Waals surface area (Å²) in [5.41, 5.74) is 7.54. The lowest BCUT2D eigenvalue weighted by Crippen LogP contribution is -2.14. The van der Waals surface area contributed by atoms with E-state index in [-0.39, 0.29) is 5.91 Å². The fourth-order valence-electron chi connectivity index (χ4n) is 2.29. The number of carbonyl (C=O) groups is 1. The Kier molecular flexibility index (Phi) is 4.80. The maximum Gasteiger partial charge on any atom is 0.224 e. The fourth-order valence-corrected chi connectivity index (χ4v) is 2.29. The Balaban J connectivity index is 1.82. The van der Waals surface area contributed by atoms with Crippen LogP contribution < -0.4 is 15.8 Å². The van der Waals surface area contributed by atoms with Crippen LogP contribution in [0.3, 0.4) is 0 Å². The van der Waals surface area contributed by atoms with Crippen LogP contribution in [0.25, 0.3) is 0 Å². The summed E-state index contributed by atoms with van der Waals surface area (Å²) in [5, 5.41) is 2.94. The molecule has 0 saturated heterocycles. The smallest absolute Gasteiger partial charge is 0.224 e. The summed E-state index contributed by atoms with van der Waals surface area (Å²) >= 11 is 0. The van der Waals surface area contributed by atoms with Gasteiger partial charge in [0.15, 0.2) is 0 Å². The normalized spacial score (nSPS) is 14.6. The third-order valence-corrected chi connectivity index (χ3v) is 3.50. The maximum atomic E-state index is 11.8. The van der Waals surface area contributed by atoms with Crippen molar-refractivity contribution in [3.63, 3.8) is 0 Å². The molecule has 0 fully saturated rings. The lowest BCUT2D eigenvalue weighted by molar-refractivity contribution is -0.116. The van der Waals surface area contributed by atoms with Crippen molar-refractivity contribution in [3.05, 3.63) is 23.8 Å². The molecule has 0 aliphatic carbocycles. The molecule has 0 radical (unpaired) electrons. The highest BCUT2D eigenvalue weighted by Gasteiger charge is 2.13. The third-order valence-electron chi connectivity index (χ3n) is 3.50. The van der Waals surface area contributed by atoms with E-state index < -0.39 is 0 Å². The average molecular weight is 262 g/mol. The molecule has 0 aromatic heterocycles. The van der Waals surface area contributed by atoms with Gasteiger partial charge in [-0.3, -0.25) is 4.79 Å². The second-order valence-corrected chi connectivity index (χ2v) is 5.19. The van der Waals surface area contributed by atoms with E-state index in [0.717, 1.165) is 37.3 Å². The zero-order chi connectivity index (χ0) is 13.7. The van der Waals surface area contributed by atoms with Gasteiger partial charge in [-0.05, 0) is 49.1 Å². The molecule has 104 valence electrons. The van der Waals surface area contributed by atoms with Crippen LogP contribution in [0, 0.1) is 5.92 Å². The summed E-state index contributed by atoms with van der Waals surface area (Å²) in [4.78, 5) is 11.8. The van der Waals surface area contributed by atoms with E-state index in [2.05, 4.69) is 12.2 Å². The van der Waals surface area contributed by atoms with E-state index in [1.165, 1.54) is 5.56 Å². The number of anilines is 1. The van der Waals surface area contributed by atoms with Crippen molar-refractivity contribution in [3.8, 4) is 5.75 Å². The van der Waals surface area contributed by atoms with Gasteiger partial charge in [-0.25, -0.2) is 0 Å². The Labute approximate surface area is 114 Å². The molecule has 1 amide bonds. The van der Waals surface area contributed by atoms with Gasteiger partial charge in [0.05, 0.1) is 6.61 Å². The Morgan fingerprint density at radius 1 is 1.47 bits per heavy atom. The highest BCUT2D eigenvalue weighted by Crippen LogP contribution is 2.27. The van der Waals surface area contributed by atoms with Crippen LogP contribution in [-0.2, 0) is 11.2 Å². The molecule has 4 nitrogen and oxygen atoms in total. The van der Waals surface area contributed by atoms with Crippen molar-refractivity contribution in [2.75, 3.05) is 18.5 Å². The van der Waals surface area contributed by atoms with Gasteiger partial charge in [0.2, 0.25) is 5.91 Å². The number of benzene rings is 1. The highest BCUT2D eigenvalue weighted by atomic mass is 16.5. The van der Waals surface area contributed by atoms with Gasteiger partial charge in [0.1, 0.15) is 5.75 Å². The van der Waals surface area contributed by atoms with Crippen molar-refractivity contribution in [1.82, 2.24) is 0 Å². The first-order valence-corrected chi connectivity index (χ1v) is 6.94. The lowest BCUT2D eigenvalue weighted by atomic mass is 10.0. The van der Waals surface area contributed by atoms with Gasteiger partial charge in [0.25, 0.3) is 0 Å². The predicted octanol–water partition coefficient (Wildman–Crippen LogP) is 2.33. The van der Waals surface area contributed by atoms with Crippen LogP contribution >= 0.6 is 0 Å². The summed E-state index contributed by atoms with van der Waals surface area (Å²) < 4.78 is 5.44. The second kappa shape index (κ2) is 6.57. The van der Waals surface area contributed by atoms with Crippen molar-refractivity contribution >= 4 is 11.6 Å². The molecule has 2 rings (SSSR count). The van der Waals surface area contributed by atoms with Crippen molar-refractivity contribution in [2.24, 2.45) is 11.7 Å². The minimum absolute atomic E-state index is 0.0720. The van der Waals surface area contributed by atoms with Gasteiger partial charge in [-0.2, -0.15) is 0 Å². The van der Waals surface area contributed by atoms with Gasteiger partial charge in [-0.1, -0.05) is 6.92 Å². The van der Waals surface area contributed by atoms with Crippen molar-refractivity contribution < 1.29 is 9.53 Å². The first-order chi connectivity index (χ1) is 9.19. The molecule has 1 unspecified atom stereocenters. The summed E-state index contributed by atoms with van der Waals surface area (Å²) in [5.74, 6) is 1.52. The van der Waals surface area contributed by atoms with Gasteiger partial charge >= 0.3 is 0 Å². The van der Waals surface area contributed by atoms with E-state index in [0.29, 0.717) is 18.9 Å². The predicted molar refractivity (Wildman–Crippen MR) is 76.3 cm³/mol. The SMILES string of the molecule is CC(CCN)CCC(=O)Nc1ccc2c(c1)CCO2. The monoisotopic (exact) mass is 262 g/mol. The molecule has 1 aliphatic rings. The molecular formula is C15H22N2O2. The fraction of sp³-hybridized carbons (Fsp3) is 0.533. The summed E-state index contributed by atoms with van der Waals surface area (Å²) in [7, 11) is 0. The second-order valence-electron chi connectivity index (χ2n) is 5.19. The Bertz CT molecular complexity index is 446. The van der Waals surface area contributed by atoms with E-state index in [1.54, 1.807) is 0 Å². The van der Waals surface area contributed by atoms with Crippen LogP contribution in [0.4, 0.5) is 5.69 Å². The summed E-state index contributed by atoms with van der Waals surface area (Å²) in [6.45, 7) is 3.56. The molecule has 1 aliphatic heterocycles. The molecule has 1 aromatic carbocycles. The number of rotatable bonds is 6. The zero-order valence-corrected chi connectivity index (χ0v) is 11.4. The first kappa shape index (κ1) is 13.9. The molecule has 1 atom stereocenters. The molecule has 4 heteroatoms. The van der Waals surface area contributed by atoms with Crippen LogP contribution in [0.15, 0.2) is 18.2 Å². The topological polar surface area (TPSA) is 64.4 Å². The van der Waals surface area contributed by atoms with E-state index in [4.69, 9.17) is 10.5 Å². The lowest BCUT2D eigenvalue weighted by Gasteiger charge is -2.10. The number of nitrogens with two attached hydrogens (primary N) is 1. The van der Waals surface area contributed by atoms with E-state index >= 15 is 0 Å². The van der Waals surface area contributed by atoms with Crippen LogP contribution in [-0.4, -0.2) is 19.1 Å². The molecule has 19 heavy (non-hydrogen) atoms. The Hall–Kier alpha value is -1.55. The third kappa shape index (κ3) is 3.96. The summed E-state index contributed by atoms with van der Waals surface area (Å²) in [6.07, 6.45) is 3.34. The zero-order valence-electron chi connectivity index (χ0n) is 11.4. The largest absolute Gasteiger partial charge is 0.493 e. The minimum atomic E-state index is 0.0720. The number of amides is 1. The number of nitrogens with one attached hydrogen (secondary N) is 1. The number of hydrogen-bond acceptors (Lipinski definition) is 3. The van der Waals surface area contributed by atoms with E-state index in [9.17, 15) is 4.79 Å². The first-order valence-electron chi connectivity index (χ1n) is 6.94. The van der Waals surface area contributed by atoms with Crippen LogP contribution in [0.2, 0.25) is 0 Å². The number of ether oxygens (including phenoxy) is 1. The molecule has 1 heterocycles. The molecular weight excluding hydrogens is 240 g/mol. The van der Waals surface area contributed by atoms with Crippen molar-refractivity contribution in [2.45, 2.75) is 32.6 Å². The maximum absolute atomic E-state index is 11.8. The minimum Gasteiger partial charge on any atom is -0.493 e. The summed E-state index contributed by atoms with van der Waals surface area (Å²) in [6, 6.07) is 5.82. The Morgan fingerprint density at radius 2 is 2.32 bits per heavy atom. The van der Waals surface area contributed by atoms with Gasteiger partial charge in [0, 0.05) is 18.5 Å². The molecule has 0 saturated carbocycles. The number of fused-ring (bicyclic) bond motifs is 1.